The molecule has 114 valence electrons. The van der Waals surface area contributed by atoms with Crippen LogP contribution in [0.2, 0.25) is 0 Å². The Bertz CT molecular complexity index is 608. The van der Waals surface area contributed by atoms with Crippen molar-refractivity contribution < 1.29 is 13.9 Å². The lowest BCUT2D eigenvalue weighted by atomic mass is 10.1. The summed E-state index contributed by atoms with van der Waals surface area (Å²) in [6, 6.07) is 8.13. The first-order valence-electron chi connectivity index (χ1n) is 7.46. The van der Waals surface area contributed by atoms with E-state index in [2.05, 4.69) is 32.2 Å². The largest absolute Gasteiger partial charge is 0.459 e. The van der Waals surface area contributed by atoms with Crippen LogP contribution in [0.25, 0.3) is 11.0 Å². The molecule has 0 aliphatic carbocycles. The molecular weight excluding hydrogens is 266 g/mol. The molecule has 0 saturated carbocycles. The molecular formula is C17H23NO3. The summed E-state index contributed by atoms with van der Waals surface area (Å²) in [5.41, 5.74) is 2.12. The zero-order chi connectivity index (χ0) is 14.9. The zero-order valence-corrected chi connectivity index (χ0v) is 12.9. The molecule has 1 N–H and O–H groups in total. The summed E-state index contributed by atoms with van der Waals surface area (Å²) in [4.78, 5) is 0. The van der Waals surface area contributed by atoms with Crippen molar-refractivity contribution in [2.24, 2.45) is 0 Å². The van der Waals surface area contributed by atoms with E-state index in [1.165, 1.54) is 0 Å². The number of hydrogen-bond acceptors (Lipinski definition) is 4. The highest BCUT2D eigenvalue weighted by molar-refractivity contribution is 5.82. The Morgan fingerprint density at radius 3 is 2.67 bits per heavy atom. The number of ether oxygens (including phenoxy) is 2. The predicted octanol–water partition coefficient (Wildman–Crippen LogP) is 3.24. The standard InChI is InChI=1S/C17H23NO3/c1-17(2,3)18-8-16-14(11-20-12-9-19-10-12)13-6-4-5-7-15(13)21-16/h4-7,12,18H,8-11H2,1-3H3. The van der Waals surface area contributed by atoms with Crippen LogP contribution in [0, 0.1) is 0 Å². The number of nitrogens with one attached hydrogen (secondary N) is 1. The van der Waals surface area contributed by atoms with Crippen LogP contribution >= 0.6 is 0 Å². The van der Waals surface area contributed by atoms with E-state index in [4.69, 9.17) is 13.9 Å². The fraction of sp³-hybridized carbons (Fsp3) is 0.529. The van der Waals surface area contributed by atoms with E-state index in [9.17, 15) is 0 Å². The number of para-hydroxylation sites is 1. The first-order chi connectivity index (χ1) is 10.0. The summed E-state index contributed by atoms with van der Waals surface area (Å²) in [5, 5.41) is 4.62. The Morgan fingerprint density at radius 2 is 2.00 bits per heavy atom. The van der Waals surface area contributed by atoms with Crippen molar-refractivity contribution in [2.45, 2.75) is 45.6 Å². The van der Waals surface area contributed by atoms with Crippen LogP contribution in [0.3, 0.4) is 0 Å². The van der Waals surface area contributed by atoms with Gasteiger partial charge in [-0.2, -0.15) is 0 Å². The average molecular weight is 289 g/mol. The van der Waals surface area contributed by atoms with Gasteiger partial charge in [0.1, 0.15) is 17.4 Å². The molecule has 0 unspecified atom stereocenters. The zero-order valence-electron chi connectivity index (χ0n) is 12.9. The first kappa shape index (κ1) is 14.6. The molecule has 1 aromatic heterocycles. The third-order valence-corrected chi connectivity index (χ3v) is 3.63. The third-order valence-electron chi connectivity index (χ3n) is 3.63. The van der Waals surface area contributed by atoms with Crippen molar-refractivity contribution in [3.05, 3.63) is 35.6 Å². The second-order valence-corrected chi connectivity index (χ2v) is 6.57. The molecule has 1 saturated heterocycles. The molecule has 2 aromatic rings. The van der Waals surface area contributed by atoms with Crippen LogP contribution in [-0.2, 0) is 22.6 Å². The summed E-state index contributed by atoms with van der Waals surface area (Å²) in [6.45, 7) is 9.13. The predicted molar refractivity (Wildman–Crippen MR) is 82.2 cm³/mol. The molecule has 0 spiro atoms. The third kappa shape index (κ3) is 3.46. The van der Waals surface area contributed by atoms with Gasteiger partial charge >= 0.3 is 0 Å². The Balaban J connectivity index is 1.82. The van der Waals surface area contributed by atoms with Gasteiger partial charge in [0.2, 0.25) is 0 Å². The molecule has 0 atom stereocenters. The molecule has 4 heteroatoms. The van der Waals surface area contributed by atoms with Gasteiger partial charge in [0.15, 0.2) is 0 Å². The lowest BCUT2D eigenvalue weighted by molar-refractivity contribution is -0.135. The van der Waals surface area contributed by atoms with Crippen LogP contribution < -0.4 is 5.32 Å². The number of fused-ring (bicyclic) bond motifs is 1. The van der Waals surface area contributed by atoms with Crippen LogP contribution in [0.15, 0.2) is 28.7 Å². The lowest BCUT2D eigenvalue weighted by Crippen LogP contribution is -2.36. The number of hydrogen-bond donors (Lipinski definition) is 1. The van der Waals surface area contributed by atoms with Gasteiger partial charge in [-0.05, 0) is 26.8 Å². The van der Waals surface area contributed by atoms with Gasteiger partial charge in [0.25, 0.3) is 0 Å². The maximum atomic E-state index is 6.00. The second-order valence-electron chi connectivity index (χ2n) is 6.57. The SMILES string of the molecule is CC(C)(C)NCc1oc2ccccc2c1COC1COC1. The highest BCUT2D eigenvalue weighted by Crippen LogP contribution is 2.27. The van der Waals surface area contributed by atoms with Gasteiger partial charge in [0.05, 0.1) is 26.4 Å². The van der Waals surface area contributed by atoms with Crippen molar-refractivity contribution in [3.63, 3.8) is 0 Å². The number of furan rings is 1. The molecule has 21 heavy (non-hydrogen) atoms. The minimum Gasteiger partial charge on any atom is -0.459 e. The summed E-state index contributed by atoms with van der Waals surface area (Å²) in [6.07, 6.45) is 0.224. The topological polar surface area (TPSA) is 43.6 Å². The number of rotatable bonds is 5. The summed E-state index contributed by atoms with van der Waals surface area (Å²) in [7, 11) is 0. The fourth-order valence-electron chi connectivity index (χ4n) is 2.31. The highest BCUT2D eigenvalue weighted by atomic mass is 16.6. The van der Waals surface area contributed by atoms with E-state index < -0.39 is 0 Å². The van der Waals surface area contributed by atoms with Crippen molar-refractivity contribution >= 4 is 11.0 Å². The summed E-state index contributed by atoms with van der Waals surface area (Å²) in [5.74, 6) is 0.964. The Kier molecular flexibility index (Phi) is 4.02. The minimum absolute atomic E-state index is 0.0545. The Hall–Kier alpha value is -1.36. The van der Waals surface area contributed by atoms with Crippen molar-refractivity contribution in [3.8, 4) is 0 Å². The van der Waals surface area contributed by atoms with Gasteiger partial charge in [-0.25, -0.2) is 0 Å². The molecule has 0 amide bonds. The molecule has 2 heterocycles. The Morgan fingerprint density at radius 1 is 1.24 bits per heavy atom. The van der Waals surface area contributed by atoms with E-state index in [0.717, 1.165) is 22.3 Å². The minimum atomic E-state index is 0.0545. The van der Waals surface area contributed by atoms with Crippen LogP contribution in [0.5, 0.6) is 0 Å². The highest BCUT2D eigenvalue weighted by Gasteiger charge is 2.22. The van der Waals surface area contributed by atoms with E-state index >= 15 is 0 Å². The maximum absolute atomic E-state index is 6.00. The van der Waals surface area contributed by atoms with Gasteiger partial charge in [-0.3, -0.25) is 0 Å². The molecule has 0 radical (unpaired) electrons. The van der Waals surface area contributed by atoms with Crippen LogP contribution in [0.1, 0.15) is 32.1 Å². The molecule has 1 aliphatic rings. The molecule has 1 aromatic carbocycles. The van der Waals surface area contributed by atoms with E-state index in [1.807, 2.05) is 18.2 Å². The van der Waals surface area contributed by atoms with Crippen molar-refractivity contribution in [1.82, 2.24) is 5.32 Å². The fourth-order valence-corrected chi connectivity index (χ4v) is 2.31. The van der Waals surface area contributed by atoms with Crippen molar-refractivity contribution in [2.75, 3.05) is 13.2 Å². The van der Waals surface area contributed by atoms with E-state index in [0.29, 0.717) is 26.4 Å². The molecule has 0 bridgehead atoms. The van der Waals surface area contributed by atoms with Crippen LogP contribution in [0.4, 0.5) is 0 Å². The lowest BCUT2D eigenvalue weighted by Gasteiger charge is -2.26. The molecule has 1 aliphatic heterocycles. The second kappa shape index (κ2) is 5.79. The monoisotopic (exact) mass is 289 g/mol. The molecule has 1 fully saturated rings. The van der Waals surface area contributed by atoms with Crippen LogP contribution in [-0.4, -0.2) is 24.9 Å². The van der Waals surface area contributed by atoms with Crippen molar-refractivity contribution in [1.29, 1.82) is 0 Å². The normalized spacial score (nSPS) is 16.3. The first-order valence-corrected chi connectivity index (χ1v) is 7.46. The smallest absolute Gasteiger partial charge is 0.134 e. The molecule has 4 nitrogen and oxygen atoms in total. The quantitative estimate of drug-likeness (QED) is 0.917. The summed E-state index contributed by atoms with van der Waals surface area (Å²) < 4.78 is 17.0. The van der Waals surface area contributed by atoms with E-state index in [-0.39, 0.29) is 11.6 Å². The molecule has 3 rings (SSSR count). The average Bonchev–Trinajstić information content (AvgIpc) is 2.72. The van der Waals surface area contributed by atoms with Gasteiger partial charge in [0, 0.05) is 16.5 Å². The van der Waals surface area contributed by atoms with Gasteiger partial charge < -0.3 is 19.2 Å². The van der Waals surface area contributed by atoms with E-state index in [1.54, 1.807) is 0 Å². The van der Waals surface area contributed by atoms with Gasteiger partial charge in [-0.1, -0.05) is 18.2 Å². The Labute approximate surface area is 125 Å². The summed E-state index contributed by atoms with van der Waals surface area (Å²) >= 11 is 0. The van der Waals surface area contributed by atoms with Gasteiger partial charge in [-0.15, -0.1) is 0 Å². The maximum Gasteiger partial charge on any atom is 0.134 e. The number of benzene rings is 1.